The second-order valence-corrected chi connectivity index (χ2v) is 7.37. The standard InChI is InChI=1S/C8H19NOSi/c1-5-9-10-11(6-2,7-3)8-4/h5H,6-8H2,1-4H3. The Kier molecular flexibility index (Phi) is 5.20. The molecular weight excluding hydrogens is 154 g/mol. The fourth-order valence-electron chi connectivity index (χ4n) is 1.11. The van der Waals surface area contributed by atoms with Gasteiger partial charge in [-0.15, -0.1) is 5.16 Å². The van der Waals surface area contributed by atoms with Gasteiger partial charge in [0.1, 0.15) is 0 Å². The fourth-order valence-corrected chi connectivity index (χ4v) is 3.32. The van der Waals surface area contributed by atoms with Gasteiger partial charge in [-0.3, -0.25) is 0 Å². The molecule has 11 heavy (non-hydrogen) atoms. The van der Waals surface area contributed by atoms with Crippen LogP contribution in [0, 0.1) is 0 Å². The van der Waals surface area contributed by atoms with Gasteiger partial charge in [-0.2, -0.15) is 0 Å². The maximum atomic E-state index is 5.53. The number of rotatable bonds is 5. The predicted octanol–water partition coefficient (Wildman–Crippen LogP) is 3.01. The van der Waals surface area contributed by atoms with Gasteiger partial charge in [0.25, 0.3) is 8.32 Å². The van der Waals surface area contributed by atoms with Crippen molar-refractivity contribution in [1.29, 1.82) is 0 Å². The quantitative estimate of drug-likeness (QED) is 0.356. The van der Waals surface area contributed by atoms with E-state index in [0.29, 0.717) is 0 Å². The number of nitrogens with zero attached hydrogens (tertiary/aromatic N) is 1. The Labute approximate surface area is 70.8 Å². The van der Waals surface area contributed by atoms with Crippen molar-refractivity contribution in [2.45, 2.75) is 45.8 Å². The molecule has 0 heterocycles. The van der Waals surface area contributed by atoms with E-state index >= 15 is 0 Å². The van der Waals surface area contributed by atoms with E-state index in [9.17, 15) is 0 Å². The molecule has 0 aliphatic rings. The van der Waals surface area contributed by atoms with Crippen LogP contribution in [-0.2, 0) is 4.53 Å². The molecule has 66 valence electrons. The first-order chi connectivity index (χ1) is 5.24. The summed E-state index contributed by atoms with van der Waals surface area (Å²) in [5.74, 6) is 0. The van der Waals surface area contributed by atoms with Crippen molar-refractivity contribution < 1.29 is 4.53 Å². The average molecular weight is 173 g/mol. The molecule has 0 fully saturated rings. The number of oxime groups is 1. The van der Waals surface area contributed by atoms with E-state index in [1.165, 1.54) is 0 Å². The highest BCUT2D eigenvalue weighted by atomic mass is 28.4. The highest BCUT2D eigenvalue weighted by Crippen LogP contribution is 2.21. The van der Waals surface area contributed by atoms with Crippen LogP contribution >= 0.6 is 0 Å². The van der Waals surface area contributed by atoms with E-state index < -0.39 is 8.32 Å². The molecular formula is C8H19NOSi. The number of hydrogen-bond donors (Lipinski definition) is 0. The van der Waals surface area contributed by atoms with Crippen molar-refractivity contribution in [2.24, 2.45) is 5.16 Å². The monoisotopic (exact) mass is 173 g/mol. The van der Waals surface area contributed by atoms with Crippen LogP contribution in [0.15, 0.2) is 5.16 Å². The molecule has 0 bridgehead atoms. The largest absolute Gasteiger partial charge is 0.455 e. The lowest BCUT2D eigenvalue weighted by Crippen LogP contribution is -2.33. The molecule has 0 aromatic rings. The third-order valence-electron chi connectivity index (χ3n) is 2.28. The SMILES string of the molecule is CC=NO[Si](CC)(CC)CC. The zero-order valence-electron chi connectivity index (χ0n) is 8.05. The van der Waals surface area contributed by atoms with Crippen LogP contribution in [0.5, 0.6) is 0 Å². The smallest absolute Gasteiger partial charge is 0.286 e. The minimum absolute atomic E-state index is 1.16. The molecule has 0 rings (SSSR count). The molecule has 0 atom stereocenters. The van der Waals surface area contributed by atoms with E-state index in [4.69, 9.17) is 4.53 Å². The normalized spacial score (nSPS) is 12.4. The van der Waals surface area contributed by atoms with Crippen molar-refractivity contribution in [2.75, 3.05) is 0 Å². The molecule has 3 heteroatoms. The van der Waals surface area contributed by atoms with E-state index in [0.717, 1.165) is 18.1 Å². The van der Waals surface area contributed by atoms with Gasteiger partial charge in [0.05, 0.1) is 0 Å². The van der Waals surface area contributed by atoms with Crippen molar-refractivity contribution in [3.05, 3.63) is 0 Å². The van der Waals surface area contributed by atoms with E-state index in [2.05, 4.69) is 25.9 Å². The molecule has 0 saturated heterocycles. The van der Waals surface area contributed by atoms with Crippen molar-refractivity contribution in [3.8, 4) is 0 Å². The van der Waals surface area contributed by atoms with Crippen molar-refractivity contribution in [3.63, 3.8) is 0 Å². The van der Waals surface area contributed by atoms with Gasteiger partial charge in [0.15, 0.2) is 0 Å². The summed E-state index contributed by atoms with van der Waals surface area (Å²) >= 11 is 0. The second-order valence-electron chi connectivity index (χ2n) is 2.70. The minimum Gasteiger partial charge on any atom is -0.455 e. The van der Waals surface area contributed by atoms with Gasteiger partial charge >= 0.3 is 0 Å². The molecule has 0 unspecified atom stereocenters. The van der Waals surface area contributed by atoms with Gasteiger partial charge in [0, 0.05) is 6.21 Å². The molecule has 0 N–H and O–H groups in total. The van der Waals surface area contributed by atoms with E-state index in [-0.39, 0.29) is 0 Å². The summed E-state index contributed by atoms with van der Waals surface area (Å²) in [7, 11) is -1.44. The lowest BCUT2D eigenvalue weighted by atomic mass is 10.9. The van der Waals surface area contributed by atoms with Crippen LogP contribution in [0.25, 0.3) is 0 Å². The van der Waals surface area contributed by atoms with Gasteiger partial charge in [-0.25, -0.2) is 0 Å². The van der Waals surface area contributed by atoms with E-state index in [1.54, 1.807) is 6.21 Å². The molecule has 2 nitrogen and oxygen atoms in total. The first kappa shape index (κ1) is 10.7. The zero-order valence-corrected chi connectivity index (χ0v) is 9.05. The topological polar surface area (TPSA) is 21.6 Å². The molecule has 0 spiro atoms. The van der Waals surface area contributed by atoms with Crippen molar-refractivity contribution >= 4 is 14.5 Å². The molecule has 0 saturated carbocycles. The maximum absolute atomic E-state index is 5.53. The van der Waals surface area contributed by atoms with Crippen LogP contribution in [0.3, 0.4) is 0 Å². The van der Waals surface area contributed by atoms with Crippen molar-refractivity contribution in [1.82, 2.24) is 0 Å². The third kappa shape index (κ3) is 3.06. The second kappa shape index (κ2) is 5.35. The Morgan fingerprint density at radius 3 is 1.91 bits per heavy atom. The molecule has 0 aromatic heterocycles. The zero-order chi connectivity index (χ0) is 8.74. The van der Waals surface area contributed by atoms with Crippen LogP contribution < -0.4 is 0 Å². The Balaban J connectivity index is 4.04. The summed E-state index contributed by atoms with van der Waals surface area (Å²) in [6, 6.07) is 3.49. The summed E-state index contributed by atoms with van der Waals surface area (Å²) in [5.41, 5.74) is 0. The minimum atomic E-state index is -1.44. The Morgan fingerprint density at radius 1 is 1.18 bits per heavy atom. The first-order valence-corrected chi connectivity index (χ1v) is 6.93. The molecule has 0 aliphatic heterocycles. The third-order valence-corrected chi connectivity index (χ3v) is 6.64. The first-order valence-electron chi connectivity index (χ1n) is 4.40. The average Bonchev–Trinajstić information content (AvgIpc) is 2.08. The van der Waals surface area contributed by atoms with Gasteiger partial charge in [-0.05, 0) is 25.1 Å². The predicted molar refractivity (Wildman–Crippen MR) is 52.4 cm³/mol. The van der Waals surface area contributed by atoms with Crippen LogP contribution in [-0.4, -0.2) is 14.5 Å². The fraction of sp³-hybridized carbons (Fsp3) is 0.875. The molecule has 0 aliphatic carbocycles. The summed E-state index contributed by atoms with van der Waals surface area (Å²) in [6.45, 7) is 8.49. The molecule has 0 amide bonds. The van der Waals surface area contributed by atoms with Gasteiger partial charge in [0.2, 0.25) is 0 Å². The van der Waals surface area contributed by atoms with Gasteiger partial charge in [-0.1, -0.05) is 20.8 Å². The Hall–Kier alpha value is -0.313. The Morgan fingerprint density at radius 2 is 1.64 bits per heavy atom. The maximum Gasteiger partial charge on any atom is 0.286 e. The summed E-state index contributed by atoms with van der Waals surface area (Å²) in [6.07, 6.45) is 1.72. The Bertz CT molecular complexity index is 113. The highest BCUT2D eigenvalue weighted by Gasteiger charge is 2.30. The molecule has 0 aromatic carbocycles. The highest BCUT2D eigenvalue weighted by molar-refractivity contribution is 6.73. The van der Waals surface area contributed by atoms with Crippen LogP contribution in [0.2, 0.25) is 18.1 Å². The van der Waals surface area contributed by atoms with Crippen LogP contribution in [0.4, 0.5) is 0 Å². The summed E-state index contributed by atoms with van der Waals surface area (Å²) in [4.78, 5) is 0. The summed E-state index contributed by atoms with van der Waals surface area (Å²) < 4.78 is 5.53. The lowest BCUT2D eigenvalue weighted by molar-refractivity contribution is 0.323. The molecule has 0 radical (unpaired) electrons. The lowest BCUT2D eigenvalue weighted by Gasteiger charge is -2.23. The van der Waals surface area contributed by atoms with Crippen LogP contribution in [0.1, 0.15) is 27.7 Å². The van der Waals surface area contributed by atoms with E-state index in [1.807, 2.05) is 6.92 Å². The summed E-state index contributed by atoms with van der Waals surface area (Å²) in [5, 5.41) is 3.89. The van der Waals surface area contributed by atoms with Gasteiger partial charge < -0.3 is 4.53 Å². The number of hydrogen-bond acceptors (Lipinski definition) is 2.